The lowest BCUT2D eigenvalue weighted by Crippen LogP contribution is -2.00. The van der Waals surface area contributed by atoms with E-state index in [1.165, 1.54) is 6.07 Å². The molecule has 0 heterocycles. The van der Waals surface area contributed by atoms with Crippen LogP contribution in [0.5, 0.6) is 5.75 Å². The molecule has 1 rings (SSSR count). The lowest BCUT2D eigenvalue weighted by atomic mass is 10.1. The van der Waals surface area contributed by atoms with Gasteiger partial charge in [0.1, 0.15) is 0 Å². The number of ketones is 1. The number of phenolic OH excluding ortho intramolecular Hbond substituents is 1. The van der Waals surface area contributed by atoms with E-state index >= 15 is 0 Å². The molecule has 0 aliphatic carbocycles. The van der Waals surface area contributed by atoms with Crippen molar-refractivity contribution in [1.82, 2.24) is 0 Å². The average Bonchev–Trinajstić information content (AvgIpc) is 2.08. The van der Waals surface area contributed by atoms with Crippen molar-refractivity contribution in [2.24, 2.45) is 0 Å². The van der Waals surface area contributed by atoms with Crippen molar-refractivity contribution in [3.63, 3.8) is 0 Å². The Kier molecular flexibility index (Phi) is 2.65. The summed E-state index contributed by atoms with van der Waals surface area (Å²) in [4.78, 5) is 10.9. The molecule has 4 heteroatoms. The molecule has 0 unspecified atom stereocenters. The first-order valence-corrected chi connectivity index (χ1v) is 3.76. The van der Waals surface area contributed by atoms with E-state index in [-0.39, 0.29) is 17.2 Å². The van der Waals surface area contributed by atoms with Crippen LogP contribution in [0.25, 0.3) is 0 Å². The van der Waals surface area contributed by atoms with E-state index < -0.39 is 11.6 Å². The number of carbonyl (C=O) groups is 1. The van der Waals surface area contributed by atoms with Crippen molar-refractivity contribution in [3.05, 3.63) is 29.6 Å². The van der Waals surface area contributed by atoms with E-state index in [1.54, 1.807) is 0 Å². The smallest absolute Gasteiger partial charge is 0.177 e. The van der Waals surface area contributed by atoms with Gasteiger partial charge in [-0.3, -0.25) is 4.79 Å². The van der Waals surface area contributed by atoms with Crippen LogP contribution in [0.3, 0.4) is 0 Å². The minimum absolute atomic E-state index is 0.167. The number of hydrogen-bond donors (Lipinski definition) is 1. The normalized spacial score (nSPS) is 9.83. The molecule has 0 bridgehead atoms. The van der Waals surface area contributed by atoms with Crippen LogP contribution in [0.2, 0.25) is 0 Å². The van der Waals surface area contributed by atoms with Crippen LogP contribution < -0.4 is 0 Å². The van der Waals surface area contributed by atoms with Crippen molar-refractivity contribution >= 4 is 17.4 Å². The first-order valence-electron chi connectivity index (χ1n) is 3.23. The summed E-state index contributed by atoms with van der Waals surface area (Å²) >= 11 is 5.24. The summed E-state index contributed by atoms with van der Waals surface area (Å²) in [6.45, 7) is 0. The van der Waals surface area contributed by atoms with Crippen LogP contribution >= 0.6 is 11.6 Å². The van der Waals surface area contributed by atoms with E-state index in [1.807, 2.05) is 0 Å². The van der Waals surface area contributed by atoms with E-state index in [4.69, 9.17) is 16.7 Å². The third-order valence-corrected chi connectivity index (χ3v) is 1.63. The summed E-state index contributed by atoms with van der Waals surface area (Å²) < 4.78 is 12.6. The minimum Gasteiger partial charge on any atom is -0.505 e. The lowest BCUT2D eigenvalue weighted by Gasteiger charge is -1.98. The molecule has 0 aliphatic heterocycles. The van der Waals surface area contributed by atoms with E-state index in [0.717, 1.165) is 12.1 Å². The Hall–Kier alpha value is -1.09. The molecule has 64 valence electrons. The van der Waals surface area contributed by atoms with Gasteiger partial charge in [-0.05, 0) is 18.2 Å². The number of aromatic hydroxyl groups is 1. The Morgan fingerprint density at radius 2 is 2.25 bits per heavy atom. The average molecular weight is 189 g/mol. The zero-order valence-corrected chi connectivity index (χ0v) is 6.81. The summed E-state index contributed by atoms with van der Waals surface area (Å²) in [5.41, 5.74) is 0.167. The van der Waals surface area contributed by atoms with Crippen molar-refractivity contribution in [1.29, 1.82) is 0 Å². The lowest BCUT2D eigenvalue weighted by molar-refractivity contribution is 0.102. The number of carbonyl (C=O) groups excluding carboxylic acids is 1. The predicted octanol–water partition coefficient (Wildman–Crippen LogP) is 1.95. The van der Waals surface area contributed by atoms with Crippen LogP contribution in [-0.2, 0) is 0 Å². The molecule has 0 saturated carbocycles. The van der Waals surface area contributed by atoms with Gasteiger partial charge < -0.3 is 5.11 Å². The molecule has 0 radical (unpaired) electrons. The fourth-order valence-electron chi connectivity index (χ4n) is 0.757. The van der Waals surface area contributed by atoms with Crippen molar-refractivity contribution in [3.8, 4) is 5.75 Å². The van der Waals surface area contributed by atoms with Gasteiger partial charge in [0.25, 0.3) is 0 Å². The standard InChI is InChI=1S/C8H6ClFO2/c9-4-8(12)5-1-2-7(11)6(10)3-5/h1-3,11H,4H2. The van der Waals surface area contributed by atoms with Crippen molar-refractivity contribution in [2.45, 2.75) is 0 Å². The second-order valence-corrected chi connectivity index (χ2v) is 2.49. The molecular weight excluding hydrogens is 183 g/mol. The maximum Gasteiger partial charge on any atom is 0.177 e. The van der Waals surface area contributed by atoms with Crippen LogP contribution in [0, 0.1) is 5.82 Å². The fraction of sp³-hybridized carbons (Fsp3) is 0.125. The monoisotopic (exact) mass is 188 g/mol. The Morgan fingerprint density at radius 3 is 2.75 bits per heavy atom. The number of benzene rings is 1. The predicted molar refractivity (Wildman–Crippen MR) is 43.1 cm³/mol. The summed E-state index contributed by atoms with van der Waals surface area (Å²) in [5, 5.41) is 8.78. The Bertz CT molecular complexity index is 312. The highest BCUT2D eigenvalue weighted by molar-refractivity contribution is 6.30. The second kappa shape index (κ2) is 3.54. The number of rotatable bonds is 2. The zero-order chi connectivity index (χ0) is 9.14. The van der Waals surface area contributed by atoms with Crippen molar-refractivity contribution in [2.75, 3.05) is 5.88 Å². The quantitative estimate of drug-likeness (QED) is 0.569. The largest absolute Gasteiger partial charge is 0.505 e. The first kappa shape index (κ1) is 9.00. The molecule has 0 atom stereocenters. The van der Waals surface area contributed by atoms with Gasteiger partial charge in [0.2, 0.25) is 0 Å². The molecular formula is C8H6ClFO2. The SMILES string of the molecule is O=C(CCl)c1ccc(O)c(F)c1. The number of phenols is 1. The van der Waals surface area contributed by atoms with Gasteiger partial charge >= 0.3 is 0 Å². The molecule has 1 N–H and O–H groups in total. The Labute approximate surface area is 73.6 Å². The van der Waals surface area contributed by atoms with Crippen molar-refractivity contribution < 1.29 is 14.3 Å². The third kappa shape index (κ3) is 1.74. The summed E-state index contributed by atoms with van der Waals surface area (Å²) in [6, 6.07) is 3.40. The molecule has 0 aromatic heterocycles. The molecule has 1 aromatic rings. The molecule has 0 fully saturated rings. The summed E-state index contributed by atoms with van der Waals surface area (Å²) in [7, 11) is 0. The van der Waals surface area contributed by atoms with E-state index in [0.29, 0.717) is 0 Å². The Morgan fingerprint density at radius 1 is 1.58 bits per heavy atom. The third-order valence-electron chi connectivity index (χ3n) is 1.39. The maximum absolute atomic E-state index is 12.6. The van der Waals surface area contributed by atoms with Gasteiger partial charge in [0.05, 0.1) is 5.88 Å². The number of Topliss-reactive ketones (excluding diaryl/α,β-unsaturated/α-hetero) is 1. The van der Waals surface area contributed by atoms with E-state index in [9.17, 15) is 9.18 Å². The molecule has 0 saturated heterocycles. The number of halogens is 2. The Balaban J connectivity index is 3.05. The second-order valence-electron chi connectivity index (χ2n) is 2.22. The highest BCUT2D eigenvalue weighted by atomic mass is 35.5. The molecule has 0 aliphatic rings. The van der Waals surface area contributed by atoms with Gasteiger partial charge in [-0.15, -0.1) is 11.6 Å². The van der Waals surface area contributed by atoms with E-state index in [2.05, 4.69) is 0 Å². The van der Waals surface area contributed by atoms with Gasteiger partial charge in [0, 0.05) is 5.56 Å². The minimum atomic E-state index is -0.814. The number of alkyl halides is 1. The highest BCUT2D eigenvalue weighted by Gasteiger charge is 2.07. The van der Waals surface area contributed by atoms with Crippen LogP contribution in [0.15, 0.2) is 18.2 Å². The molecule has 12 heavy (non-hydrogen) atoms. The first-order chi connectivity index (χ1) is 5.65. The fourth-order valence-corrected chi connectivity index (χ4v) is 0.912. The van der Waals surface area contributed by atoms with Gasteiger partial charge in [-0.1, -0.05) is 0 Å². The van der Waals surface area contributed by atoms with Gasteiger partial charge in [0.15, 0.2) is 17.3 Å². The molecule has 2 nitrogen and oxygen atoms in total. The molecule has 0 spiro atoms. The van der Waals surface area contributed by atoms with Crippen LogP contribution in [0.1, 0.15) is 10.4 Å². The van der Waals surface area contributed by atoms with Gasteiger partial charge in [-0.2, -0.15) is 0 Å². The van der Waals surface area contributed by atoms with Gasteiger partial charge in [-0.25, -0.2) is 4.39 Å². The zero-order valence-electron chi connectivity index (χ0n) is 6.05. The van der Waals surface area contributed by atoms with Crippen LogP contribution in [0.4, 0.5) is 4.39 Å². The summed E-state index contributed by atoms with van der Waals surface area (Å²) in [5.74, 6) is -1.84. The topological polar surface area (TPSA) is 37.3 Å². The molecule has 1 aromatic carbocycles. The number of hydrogen-bond acceptors (Lipinski definition) is 2. The maximum atomic E-state index is 12.6. The van der Waals surface area contributed by atoms with Crippen LogP contribution in [-0.4, -0.2) is 16.8 Å². The summed E-state index contributed by atoms with van der Waals surface area (Å²) in [6.07, 6.45) is 0. The molecule has 0 amide bonds. The highest BCUT2D eigenvalue weighted by Crippen LogP contribution is 2.16.